The Labute approximate surface area is 116 Å². The number of aromatic nitrogens is 2. The first kappa shape index (κ1) is 14.1. The highest BCUT2D eigenvalue weighted by atomic mass is 16.5. The van der Waals surface area contributed by atoms with Crippen LogP contribution in [0.2, 0.25) is 0 Å². The normalized spacial score (nSPS) is 10.3. The molecule has 20 heavy (non-hydrogen) atoms. The number of nitrogens with two attached hydrogens (primary N) is 1. The van der Waals surface area contributed by atoms with Gasteiger partial charge in [-0.25, -0.2) is 4.98 Å². The number of aromatic amines is 1. The number of H-pyrrole nitrogens is 1. The maximum atomic E-state index is 11.7. The third-order valence-corrected chi connectivity index (χ3v) is 2.86. The third kappa shape index (κ3) is 2.97. The van der Waals surface area contributed by atoms with Crippen LogP contribution < -0.4 is 20.8 Å². The van der Waals surface area contributed by atoms with Crippen molar-refractivity contribution in [1.82, 2.24) is 9.97 Å². The molecular weight excluding hydrogens is 258 g/mol. The SMILES string of the molecule is COc1ccc(-c2nc(CCN)cc(=O)[nH]2)c(OC)c1. The molecule has 1 heterocycles. The zero-order valence-corrected chi connectivity index (χ0v) is 11.5. The number of benzene rings is 1. The van der Waals surface area contributed by atoms with Crippen LogP contribution in [0.15, 0.2) is 29.1 Å². The average molecular weight is 275 g/mol. The fraction of sp³-hybridized carbons (Fsp3) is 0.286. The molecule has 0 unspecified atom stereocenters. The Morgan fingerprint density at radius 1 is 1.25 bits per heavy atom. The van der Waals surface area contributed by atoms with Crippen LogP contribution in [0.3, 0.4) is 0 Å². The Morgan fingerprint density at radius 2 is 2.05 bits per heavy atom. The van der Waals surface area contributed by atoms with Crippen LogP contribution in [0.5, 0.6) is 11.5 Å². The maximum absolute atomic E-state index is 11.7. The molecule has 1 aromatic heterocycles. The zero-order chi connectivity index (χ0) is 14.5. The molecule has 0 saturated carbocycles. The van der Waals surface area contributed by atoms with Crippen molar-refractivity contribution in [2.45, 2.75) is 6.42 Å². The van der Waals surface area contributed by atoms with Gasteiger partial charge in [-0.1, -0.05) is 0 Å². The fourth-order valence-corrected chi connectivity index (χ4v) is 1.91. The van der Waals surface area contributed by atoms with Crippen molar-refractivity contribution in [1.29, 1.82) is 0 Å². The van der Waals surface area contributed by atoms with Gasteiger partial charge in [-0.2, -0.15) is 0 Å². The van der Waals surface area contributed by atoms with E-state index in [0.717, 1.165) is 0 Å². The summed E-state index contributed by atoms with van der Waals surface area (Å²) in [5, 5.41) is 0. The van der Waals surface area contributed by atoms with Crippen LogP contribution in [0.25, 0.3) is 11.4 Å². The molecule has 0 bridgehead atoms. The molecule has 0 amide bonds. The molecule has 2 aromatic rings. The van der Waals surface area contributed by atoms with Crippen molar-refractivity contribution in [3.63, 3.8) is 0 Å². The zero-order valence-electron chi connectivity index (χ0n) is 11.5. The molecule has 0 saturated heterocycles. The van der Waals surface area contributed by atoms with E-state index in [-0.39, 0.29) is 5.56 Å². The van der Waals surface area contributed by atoms with Gasteiger partial charge >= 0.3 is 0 Å². The van der Waals surface area contributed by atoms with Crippen molar-refractivity contribution in [2.75, 3.05) is 20.8 Å². The van der Waals surface area contributed by atoms with E-state index in [1.165, 1.54) is 6.07 Å². The number of methoxy groups -OCH3 is 2. The van der Waals surface area contributed by atoms with Crippen LogP contribution in [0, 0.1) is 0 Å². The van der Waals surface area contributed by atoms with Gasteiger partial charge in [-0.15, -0.1) is 0 Å². The lowest BCUT2D eigenvalue weighted by Crippen LogP contribution is -2.13. The molecule has 2 rings (SSSR count). The molecule has 1 aromatic carbocycles. The molecule has 0 radical (unpaired) electrons. The van der Waals surface area contributed by atoms with Crippen LogP contribution in [-0.4, -0.2) is 30.7 Å². The molecule has 6 nitrogen and oxygen atoms in total. The summed E-state index contributed by atoms with van der Waals surface area (Å²) in [5.74, 6) is 1.71. The predicted molar refractivity (Wildman–Crippen MR) is 76.2 cm³/mol. The fourth-order valence-electron chi connectivity index (χ4n) is 1.91. The van der Waals surface area contributed by atoms with Crippen molar-refractivity contribution in [3.8, 4) is 22.9 Å². The van der Waals surface area contributed by atoms with Gasteiger partial charge in [0.25, 0.3) is 5.56 Å². The van der Waals surface area contributed by atoms with E-state index in [2.05, 4.69) is 9.97 Å². The number of nitrogens with zero attached hydrogens (tertiary/aromatic N) is 1. The Bertz CT molecular complexity index is 652. The molecule has 3 N–H and O–H groups in total. The van der Waals surface area contributed by atoms with E-state index in [0.29, 0.717) is 41.5 Å². The lowest BCUT2D eigenvalue weighted by Gasteiger charge is -2.10. The van der Waals surface area contributed by atoms with E-state index in [4.69, 9.17) is 15.2 Å². The van der Waals surface area contributed by atoms with E-state index < -0.39 is 0 Å². The van der Waals surface area contributed by atoms with Gasteiger partial charge in [0.1, 0.15) is 17.3 Å². The predicted octanol–water partition coefficient (Wildman–Crippen LogP) is 0.955. The van der Waals surface area contributed by atoms with Gasteiger partial charge in [0.15, 0.2) is 0 Å². The summed E-state index contributed by atoms with van der Waals surface area (Å²) in [6.07, 6.45) is 0.551. The summed E-state index contributed by atoms with van der Waals surface area (Å²) in [4.78, 5) is 18.8. The van der Waals surface area contributed by atoms with Gasteiger partial charge in [0, 0.05) is 24.2 Å². The summed E-state index contributed by atoms with van der Waals surface area (Å²) in [6, 6.07) is 6.77. The number of nitrogens with one attached hydrogen (secondary N) is 1. The highest BCUT2D eigenvalue weighted by Crippen LogP contribution is 2.30. The quantitative estimate of drug-likeness (QED) is 0.848. The highest BCUT2D eigenvalue weighted by molar-refractivity contribution is 5.65. The first-order valence-corrected chi connectivity index (χ1v) is 6.20. The maximum Gasteiger partial charge on any atom is 0.251 e. The van der Waals surface area contributed by atoms with Crippen LogP contribution in [-0.2, 0) is 6.42 Å². The van der Waals surface area contributed by atoms with E-state index in [1.54, 1.807) is 32.4 Å². The Kier molecular flexibility index (Phi) is 4.37. The number of ether oxygens (including phenoxy) is 2. The van der Waals surface area contributed by atoms with Gasteiger partial charge in [-0.3, -0.25) is 4.79 Å². The van der Waals surface area contributed by atoms with Crippen LogP contribution in [0.4, 0.5) is 0 Å². The molecule has 6 heteroatoms. The second kappa shape index (κ2) is 6.21. The number of hydrogen-bond acceptors (Lipinski definition) is 5. The topological polar surface area (TPSA) is 90.2 Å². The summed E-state index contributed by atoms with van der Waals surface area (Å²) in [6.45, 7) is 0.440. The molecule has 0 atom stereocenters. The Morgan fingerprint density at radius 3 is 2.70 bits per heavy atom. The molecule has 106 valence electrons. The number of rotatable bonds is 5. The second-order valence-corrected chi connectivity index (χ2v) is 4.19. The van der Waals surface area contributed by atoms with Gasteiger partial charge in [0.05, 0.1) is 19.8 Å². The average Bonchev–Trinajstić information content (AvgIpc) is 2.46. The monoisotopic (exact) mass is 275 g/mol. The molecule has 0 aliphatic carbocycles. The van der Waals surface area contributed by atoms with E-state index >= 15 is 0 Å². The summed E-state index contributed by atoms with van der Waals surface area (Å²) in [7, 11) is 3.14. The largest absolute Gasteiger partial charge is 0.497 e. The standard InChI is InChI=1S/C14H17N3O3/c1-19-10-3-4-11(12(8-10)20-2)14-16-9(5-6-15)7-13(18)17-14/h3-4,7-8H,5-6,15H2,1-2H3,(H,16,17,18). The lowest BCUT2D eigenvalue weighted by molar-refractivity contribution is 0.395. The van der Waals surface area contributed by atoms with Crippen LogP contribution >= 0.6 is 0 Å². The first-order valence-electron chi connectivity index (χ1n) is 6.20. The minimum absolute atomic E-state index is 0.212. The molecule has 0 aliphatic heterocycles. The lowest BCUT2D eigenvalue weighted by atomic mass is 10.1. The van der Waals surface area contributed by atoms with Gasteiger partial charge in [0.2, 0.25) is 0 Å². The minimum Gasteiger partial charge on any atom is -0.497 e. The summed E-state index contributed by atoms with van der Waals surface area (Å²) in [5.41, 5.74) is 6.64. The van der Waals surface area contributed by atoms with E-state index in [9.17, 15) is 4.79 Å². The van der Waals surface area contributed by atoms with Gasteiger partial charge in [-0.05, 0) is 18.7 Å². The number of hydrogen-bond donors (Lipinski definition) is 2. The van der Waals surface area contributed by atoms with Gasteiger partial charge < -0.3 is 20.2 Å². The third-order valence-electron chi connectivity index (χ3n) is 2.86. The Balaban J connectivity index is 2.52. The minimum atomic E-state index is -0.212. The Hall–Kier alpha value is -2.34. The molecule has 0 fully saturated rings. The smallest absolute Gasteiger partial charge is 0.251 e. The van der Waals surface area contributed by atoms with Crippen LogP contribution in [0.1, 0.15) is 5.69 Å². The molecule has 0 aliphatic rings. The summed E-state index contributed by atoms with van der Waals surface area (Å²) < 4.78 is 10.5. The van der Waals surface area contributed by atoms with Crippen molar-refractivity contribution < 1.29 is 9.47 Å². The molecule has 0 spiro atoms. The van der Waals surface area contributed by atoms with Crippen molar-refractivity contribution in [2.24, 2.45) is 5.73 Å². The molecular formula is C14H17N3O3. The van der Waals surface area contributed by atoms with Crippen molar-refractivity contribution >= 4 is 0 Å². The second-order valence-electron chi connectivity index (χ2n) is 4.19. The highest BCUT2D eigenvalue weighted by Gasteiger charge is 2.11. The summed E-state index contributed by atoms with van der Waals surface area (Å²) >= 11 is 0. The first-order chi connectivity index (χ1) is 9.67. The van der Waals surface area contributed by atoms with E-state index in [1.807, 2.05) is 0 Å². The van der Waals surface area contributed by atoms with Crippen molar-refractivity contribution in [3.05, 3.63) is 40.3 Å².